The molecule has 5 atom stereocenters. The summed E-state index contributed by atoms with van der Waals surface area (Å²) in [5.74, 6) is 2.00. The largest absolute Gasteiger partial charge is 0.393 e. The van der Waals surface area contributed by atoms with Gasteiger partial charge in [-0.05, 0) is 37.5 Å². The molecular weight excluding hydrogens is 152 g/mol. The van der Waals surface area contributed by atoms with Gasteiger partial charge in [-0.2, -0.15) is 0 Å². The Morgan fingerprint density at radius 1 is 1.42 bits per heavy atom. The van der Waals surface area contributed by atoms with E-state index in [0.717, 1.165) is 18.4 Å². The van der Waals surface area contributed by atoms with Crippen LogP contribution in [0.25, 0.3) is 0 Å². The average Bonchev–Trinajstić information content (AvgIpc) is 2.75. The number of aliphatic hydroxyl groups excluding tert-OH is 1. The maximum atomic E-state index is 9.45. The molecule has 1 heterocycles. The van der Waals surface area contributed by atoms with E-state index in [9.17, 15) is 5.11 Å². The zero-order valence-corrected chi connectivity index (χ0v) is 7.86. The monoisotopic (exact) mass is 170 g/mol. The van der Waals surface area contributed by atoms with Crippen molar-refractivity contribution < 1.29 is 9.84 Å². The van der Waals surface area contributed by atoms with E-state index in [4.69, 9.17) is 4.74 Å². The van der Waals surface area contributed by atoms with Gasteiger partial charge in [-0.15, -0.1) is 0 Å². The molecule has 2 aliphatic rings. The molecule has 2 nitrogen and oxygen atoms in total. The first-order chi connectivity index (χ1) is 5.68. The first-order valence-corrected chi connectivity index (χ1v) is 4.98. The standard InChI is InChI=1S/C10H18O2/c1-6-3-8(7(2)11)4-9(6)10-5-12-10/h6-11H,3-5H2,1-2H3. The molecule has 1 saturated carbocycles. The molecule has 5 unspecified atom stereocenters. The van der Waals surface area contributed by atoms with Crippen LogP contribution in [-0.2, 0) is 4.74 Å². The highest BCUT2D eigenvalue weighted by molar-refractivity contribution is 4.91. The molecule has 70 valence electrons. The molecule has 1 aliphatic heterocycles. The van der Waals surface area contributed by atoms with E-state index < -0.39 is 0 Å². The van der Waals surface area contributed by atoms with Gasteiger partial charge in [0.05, 0.1) is 18.8 Å². The van der Waals surface area contributed by atoms with Crippen molar-refractivity contribution in [3.63, 3.8) is 0 Å². The molecule has 2 heteroatoms. The minimum Gasteiger partial charge on any atom is -0.393 e. The van der Waals surface area contributed by atoms with E-state index in [1.165, 1.54) is 12.8 Å². The minimum absolute atomic E-state index is 0.129. The van der Waals surface area contributed by atoms with Crippen LogP contribution in [0.4, 0.5) is 0 Å². The van der Waals surface area contributed by atoms with Gasteiger partial charge in [0, 0.05) is 0 Å². The summed E-state index contributed by atoms with van der Waals surface area (Å²) in [7, 11) is 0. The summed E-state index contributed by atoms with van der Waals surface area (Å²) in [6.07, 6.45) is 2.76. The van der Waals surface area contributed by atoms with E-state index in [1.807, 2.05) is 6.92 Å². The Labute approximate surface area is 73.9 Å². The molecule has 0 amide bonds. The highest BCUT2D eigenvalue weighted by Gasteiger charge is 2.43. The van der Waals surface area contributed by atoms with Gasteiger partial charge in [0.2, 0.25) is 0 Å². The zero-order valence-electron chi connectivity index (χ0n) is 7.86. The summed E-state index contributed by atoms with van der Waals surface area (Å²) in [6, 6.07) is 0. The highest BCUT2D eigenvalue weighted by atomic mass is 16.6. The average molecular weight is 170 g/mol. The Hall–Kier alpha value is -0.0800. The van der Waals surface area contributed by atoms with E-state index in [2.05, 4.69) is 6.92 Å². The third-order valence-corrected chi connectivity index (χ3v) is 3.50. The van der Waals surface area contributed by atoms with Crippen molar-refractivity contribution in [1.82, 2.24) is 0 Å². The highest BCUT2D eigenvalue weighted by Crippen LogP contribution is 2.43. The minimum atomic E-state index is -0.129. The number of epoxide rings is 1. The molecular formula is C10H18O2. The zero-order chi connectivity index (χ0) is 8.72. The molecule has 12 heavy (non-hydrogen) atoms. The van der Waals surface area contributed by atoms with E-state index in [0.29, 0.717) is 12.0 Å². The number of rotatable bonds is 2. The summed E-state index contributed by atoms with van der Waals surface area (Å²) < 4.78 is 5.31. The van der Waals surface area contributed by atoms with Gasteiger partial charge in [0.15, 0.2) is 0 Å². The van der Waals surface area contributed by atoms with Crippen LogP contribution >= 0.6 is 0 Å². The fourth-order valence-corrected chi connectivity index (χ4v) is 2.55. The predicted molar refractivity (Wildman–Crippen MR) is 46.8 cm³/mol. The summed E-state index contributed by atoms with van der Waals surface area (Å²) in [6.45, 7) is 5.16. The Kier molecular flexibility index (Phi) is 2.13. The fourth-order valence-electron chi connectivity index (χ4n) is 2.55. The molecule has 1 aliphatic carbocycles. The number of ether oxygens (including phenoxy) is 1. The van der Waals surface area contributed by atoms with Crippen molar-refractivity contribution in [2.45, 2.75) is 38.9 Å². The van der Waals surface area contributed by atoms with Crippen LogP contribution < -0.4 is 0 Å². The summed E-state index contributed by atoms with van der Waals surface area (Å²) in [4.78, 5) is 0. The molecule has 2 fully saturated rings. The molecule has 0 spiro atoms. The molecule has 1 saturated heterocycles. The summed E-state index contributed by atoms with van der Waals surface area (Å²) in [5.41, 5.74) is 0. The smallest absolute Gasteiger partial charge is 0.0840 e. The van der Waals surface area contributed by atoms with Crippen LogP contribution in [0.2, 0.25) is 0 Å². The number of hydrogen-bond acceptors (Lipinski definition) is 2. The summed E-state index contributed by atoms with van der Waals surface area (Å²) in [5, 5.41) is 9.45. The van der Waals surface area contributed by atoms with Gasteiger partial charge in [-0.3, -0.25) is 0 Å². The van der Waals surface area contributed by atoms with Gasteiger partial charge < -0.3 is 9.84 Å². The van der Waals surface area contributed by atoms with Crippen molar-refractivity contribution in [3.8, 4) is 0 Å². The van der Waals surface area contributed by atoms with E-state index in [1.54, 1.807) is 0 Å². The van der Waals surface area contributed by atoms with Crippen LogP contribution in [0.3, 0.4) is 0 Å². The Morgan fingerprint density at radius 3 is 2.50 bits per heavy atom. The Bertz CT molecular complexity index is 163. The van der Waals surface area contributed by atoms with Gasteiger partial charge in [0.25, 0.3) is 0 Å². The first kappa shape index (κ1) is 8.52. The quantitative estimate of drug-likeness (QED) is 0.636. The number of aliphatic hydroxyl groups is 1. The van der Waals surface area contributed by atoms with E-state index >= 15 is 0 Å². The lowest BCUT2D eigenvalue weighted by Crippen LogP contribution is -2.14. The SMILES string of the molecule is CC(O)C1CC(C)C(C2CO2)C1. The van der Waals surface area contributed by atoms with Gasteiger partial charge in [0.1, 0.15) is 0 Å². The van der Waals surface area contributed by atoms with E-state index in [-0.39, 0.29) is 6.10 Å². The molecule has 1 N–H and O–H groups in total. The molecule has 0 bridgehead atoms. The second kappa shape index (κ2) is 3.00. The topological polar surface area (TPSA) is 32.8 Å². The lowest BCUT2D eigenvalue weighted by molar-refractivity contribution is 0.124. The Balaban J connectivity index is 1.92. The summed E-state index contributed by atoms with van der Waals surface area (Å²) >= 11 is 0. The van der Waals surface area contributed by atoms with Gasteiger partial charge >= 0.3 is 0 Å². The van der Waals surface area contributed by atoms with Crippen molar-refractivity contribution >= 4 is 0 Å². The van der Waals surface area contributed by atoms with Crippen LogP contribution in [0, 0.1) is 17.8 Å². The Morgan fingerprint density at radius 2 is 2.08 bits per heavy atom. The van der Waals surface area contributed by atoms with Crippen LogP contribution in [-0.4, -0.2) is 23.9 Å². The molecule has 0 aromatic carbocycles. The maximum absolute atomic E-state index is 9.45. The molecule has 0 aromatic rings. The van der Waals surface area contributed by atoms with Crippen LogP contribution in [0.15, 0.2) is 0 Å². The molecule has 0 radical (unpaired) electrons. The van der Waals surface area contributed by atoms with Crippen molar-refractivity contribution in [3.05, 3.63) is 0 Å². The second-order valence-electron chi connectivity index (χ2n) is 4.49. The molecule has 0 aromatic heterocycles. The predicted octanol–water partition coefficient (Wildman–Crippen LogP) is 1.43. The van der Waals surface area contributed by atoms with Gasteiger partial charge in [-0.25, -0.2) is 0 Å². The fraction of sp³-hybridized carbons (Fsp3) is 1.00. The van der Waals surface area contributed by atoms with Crippen LogP contribution in [0.5, 0.6) is 0 Å². The third kappa shape index (κ3) is 1.50. The van der Waals surface area contributed by atoms with Crippen molar-refractivity contribution in [2.75, 3.05) is 6.61 Å². The van der Waals surface area contributed by atoms with Crippen molar-refractivity contribution in [2.24, 2.45) is 17.8 Å². The van der Waals surface area contributed by atoms with Crippen molar-refractivity contribution in [1.29, 1.82) is 0 Å². The lowest BCUT2D eigenvalue weighted by atomic mass is 9.95. The first-order valence-electron chi connectivity index (χ1n) is 4.98. The van der Waals surface area contributed by atoms with Gasteiger partial charge in [-0.1, -0.05) is 6.92 Å². The second-order valence-corrected chi connectivity index (χ2v) is 4.49. The molecule has 2 rings (SSSR count). The normalized spacial score (nSPS) is 49.2. The van der Waals surface area contributed by atoms with Crippen LogP contribution in [0.1, 0.15) is 26.7 Å². The number of hydrogen-bond donors (Lipinski definition) is 1. The lowest BCUT2D eigenvalue weighted by Gasteiger charge is -2.12. The third-order valence-electron chi connectivity index (χ3n) is 3.50. The maximum Gasteiger partial charge on any atom is 0.0840 e.